The number of para-hydroxylation sites is 1. The van der Waals surface area contributed by atoms with Crippen LogP contribution in [-0.4, -0.2) is 27.8 Å². The predicted molar refractivity (Wildman–Crippen MR) is 119 cm³/mol. The minimum absolute atomic E-state index is 0.0650. The SMILES string of the molecule is Cc1ccc(CNC(=O)CSC2=N[C@@H](c3c[nH]c4ccccc34)N=C(N)N2)cc1. The number of benzene rings is 2. The van der Waals surface area contributed by atoms with E-state index in [1.807, 2.05) is 61.7 Å². The summed E-state index contributed by atoms with van der Waals surface area (Å²) in [4.78, 5) is 24.5. The molecule has 29 heavy (non-hydrogen) atoms. The quantitative estimate of drug-likeness (QED) is 0.522. The number of hydrogen-bond acceptors (Lipinski definition) is 6. The molecular weight excluding hydrogens is 384 g/mol. The monoisotopic (exact) mass is 406 g/mol. The van der Waals surface area contributed by atoms with E-state index in [0.29, 0.717) is 11.7 Å². The number of nitrogens with zero attached hydrogens (tertiary/aromatic N) is 2. The van der Waals surface area contributed by atoms with Gasteiger partial charge in [-0.15, -0.1) is 0 Å². The van der Waals surface area contributed by atoms with Gasteiger partial charge in [-0.1, -0.05) is 59.8 Å². The Labute approximate surface area is 172 Å². The Bertz CT molecular complexity index is 1090. The Balaban J connectivity index is 1.38. The van der Waals surface area contributed by atoms with Gasteiger partial charge in [0.2, 0.25) is 5.91 Å². The number of carbonyl (C=O) groups is 1. The first kappa shape index (κ1) is 19.1. The molecule has 0 saturated carbocycles. The van der Waals surface area contributed by atoms with E-state index in [4.69, 9.17) is 5.73 Å². The molecule has 0 saturated heterocycles. The van der Waals surface area contributed by atoms with Crippen molar-refractivity contribution in [3.05, 3.63) is 71.4 Å². The second kappa shape index (κ2) is 8.40. The van der Waals surface area contributed by atoms with Crippen LogP contribution in [-0.2, 0) is 11.3 Å². The van der Waals surface area contributed by atoms with Gasteiger partial charge in [-0.3, -0.25) is 4.79 Å². The standard InChI is InChI=1S/C21H22N6OS/c1-13-6-8-14(9-7-13)10-24-18(28)12-29-21-26-19(25-20(22)27-21)16-11-23-17-5-3-2-4-15(16)17/h2-9,11,19,23H,10,12H2,1H3,(H,24,28)(H3,22,25,26,27)/t19-/m0/s1. The number of amides is 1. The summed E-state index contributed by atoms with van der Waals surface area (Å²) in [5.41, 5.74) is 10.2. The smallest absolute Gasteiger partial charge is 0.230 e. The van der Waals surface area contributed by atoms with Crippen LogP contribution in [0, 0.1) is 6.92 Å². The fraction of sp³-hybridized carbons (Fsp3) is 0.190. The fourth-order valence-electron chi connectivity index (χ4n) is 3.06. The number of carbonyl (C=O) groups excluding carboxylic acids is 1. The van der Waals surface area contributed by atoms with Crippen molar-refractivity contribution in [2.75, 3.05) is 5.75 Å². The maximum atomic E-state index is 12.2. The second-order valence-electron chi connectivity index (χ2n) is 6.79. The minimum atomic E-state index is -0.439. The van der Waals surface area contributed by atoms with Gasteiger partial charge >= 0.3 is 0 Å². The number of aromatic amines is 1. The van der Waals surface area contributed by atoms with Crippen molar-refractivity contribution in [1.82, 2.24) is 15.6 Å². The number of nitrogens with one attached hydrogen (secondary N) is 3. The van der Waals surface area contributed by atoms with Crippen LogP contribution in [0.4, 0.5) is 0 Å². The zero-order valence-corrected chi connectivity index (χ0v) is 16.8. The highest BCUT2D eigenvalue weighted by Gasteiger charge is 2.20. The largest absolute Gasteiger partial charge is 0.370 e. The van der Waals surface area contributed by atoms with Gasteiger partial charge in [0.25, 0.3) is 0 Å². The van der Waals surface area contributed by atoms with E-state index in [-0.39, 0.29) is 17.6 Å². The molecule has 1 aliphatic rings. The van der Waals surface area contributed by atoms with E-state index in [1.54, 1.807) is 0 Å². The Morgan fingerprint density at radius 1 is 1.17 bits per heavy atom. The molecule has 148 valence electrons. The molecule has 2 aromatic carbocycles. The third kappa shape index (κ3) is 4.60. The number of fused-ring (bicyclic) bond motifs is 1. The molecule has 0 unspecified atom stereocenters. The van der Waals surface area contributed by atoms with Crippen molar-refractivity contribution in [2.45, 2.75) is 19.6 Å². The molecule has 1 aliphatic heterocycles. The van der Waals surface area contributed by atoms with Crippen molar-refractivity contribution in [2.24, 2.45) is 15.7 Å². The number of nitrogens with two attached hydrogens (primary N) is 1. The lowest BCUT2D eigenvalue weighted by molar-refractivity contribution is -0.118. The predicted octanol–water partition coefficient (Wildman–Crippen LogP) is 2.80. The van der Waals surface area contributed by atoms with Gasteiger partial charge < -0.3 is 21.4 Å². The van der Waals surface area contributed by atoms with Gasteiger partial charge in [0, 0.05) is 29.2 Å². The van der Waals surface area contributed by atoms with Gasteiger partial charge in [0.05, 0.1) is 5.75 Å². The summed E-state index contributed by atoms with van der Waals surface area (Å²) in [6, 6.07) is 16.1. The number of rotatable bonds is 5. The number of thioether (sulfide) groups is 1. The molecule has 3 aromatic rings. The van der Waals surface area contributed by atoms with Gasteiger partial charge in [0.15, 0.2) is 17.3 Å². The molecular formula is C21H22N6OS. The topological polar surface area (TPSA) is 108 Å². The summed E-state index contributed by atoms with van der Waals surface area (Å²) in [6.07, 6.45) is 1.46. The Morgan fingerprint density at radius 2 is 1.97 bits per heavy atom. The van der Waals surface area contributed by atoms with Crippen LogP contribution in [0.3, 0.4) is 0 Å². The van der Waals surface area contributed by atoms with E-state index < -0.39 is 6.17 Å². The molecule has 1 amide bonds. The van der Waals surface area contributed by atoms with Crippen LogP contribution in [0.1, 0.15) is 22.9 Å². The molecule has 8 heteroatoms. The summed E-state index contributed by atoms with van der Waals surface area (Å²) < 4.78 is 0. The summed E-state index contributed by atoms with van der Waals surface area (Å²) in [6.45, 7) is 2.54. The number of aryl methyl sites for hydroxylation is 1. The summed E-state index contributed by atoms with van der Waals surface area (Å²) in [7, 11) is 0. The van der Waals surface area contributed by atoms with Crippen LogP contribution in [0.25, 0.3) is 10.9 Å². The van der Waals surface area contributed by atoms with Gasteiger partial charge in [0.1, 0.15) is 0 Å². The first-order chi connectivity index (χ1) is 14.1. The minimum Gasteiger partial charge on any atom is -0.370 e. The maximum Gasteiger partial charge on any atom is 0.230 e. The van der Waals surface area contributed by atoms with Crippen LogP contribution in [0.15, 0.2) is 64.7 Å². The van der Waals surface area contributed by atoms with Crippen LogP contribution in [0.2, 0.25) is 0 Å². The van der Waals surface area contributed by atoms with E-state index in [0.717, 1.165) is 22.0 Å². The van der Waals surface area contributed by atoms with Crippen molar-refractivity contribution >= 4 is 39.7 Å². The lowest BCUT2D eigenvalue weighted by Crippen LogP contribution is -2.39. The highest BCUT2D eigenvalue weighted by molar-refractivity contribution is 8.14. The number of aromatic nitrogens is 1. The number of H-pyrrole nitrogens is 1. The zero-order valence-electron chi connectivity index (χ0n) is 16.0. The van der Waals surface area contributed by atoms with Crippen LogP contribution < -0.4 is 16.4 Å². The van der Waals surface area contributed by atoms with E-state index >= 15 is 0 Å². The Morgan fingerprint density at radius 3 is 2.79 bits per heavy atom. The van der Waals surface area contributed by atoms with Crippen molar-refractivity contribution < 1.29 is 4.79 Å². The van der Waals surface area contributed by atoms with Crippen molar-refractivity contribution in [3.8, 4) is 0 Å². The molecule has 0 aliphatic carbocycles. The van der Waals surface area contributed by atoms with Crippen LogP contribution in [0.5, 0.6) is 0 Å². The van der Waals surface area contributed by atoms with Crippen molar-refractivity contribution in [3.63, 3.8) is 0 Å². The van der Waals surface area contributed by atoms with Gasteiger partial charge in [-0.05, 0) is 18.6 Å². The number of aliphatic imine (C=N–C) groups is 2. The van der Waals surface area contributed by atoms with Gasteiger partial charge in [-0.25, -0.2) is 9.98 Å². The molecule has 5 N–H and O–H groups in total. The molecule has 0 bridgehead atoms. The normalized spacial score (nSPS) is 16.1. The molecule has 1 aromatic heterocycles. The first-order valence-electron chi connectivity index (χ1n) is 9.27. The third-order valence-corrected chi connectivity index (χ3v) is 5.47. The highest BCUT2D eigenvalue weighted by atomic mass is 32.2. The molecule has 0 radical (unpaired) electrons. The molecule has 4 rings (SSSR count). The molecule has 0 fully saturated rings. The summed E-state index contributed by atoms with van der Waals surface area (Å²) >= 11 is 1.31. The lowest BCUT2D eigenvalue weighted by atomic mass is 10.1. The van der Waals surface area contributed by atoms with Crippen LogP contribution >= 0.6 is 11.8 Å². The molecule has 2 heterocycles. The number of amidine groups is 1. The fourth-order valence-corrected chi connectivity index (χ4v) is 3.78. The number of hydrogen-bond donors (Lipinski definition) is 4. The zero-order chi connectivity index (χ0) is 20.2. The maximum absolute atomic E-state index is 12.2. The average Bonchev–Trinajstić information content (AvgIpc) is 3.16. The summed E-state index contributed by atoms with van der Waals surface area (Å²) in [5, 5.41) is 7.50. The molecule has 7 nitrogen and oxygen atoms in total. The van der Waals surface area contributed by atoms with E-state index in [1.165, 1.54) is 17.3 Å². The van der Waals surface area contributed by atoms with Crippen molar-refractivity contribution in [1.29, 1.82) is 0 Å². The first-order valence-corrected chi connectivity index (χ1v) is 10.3. The molecule has 1 atom stereocenters. The van der Waals surface area contributed by atoms with E-state index in [2.05, 4.69) is 25.6 Å². The molecule has 0 spiro atoms. The van der Waals surface area contributed by atoms with Gasteiger partial charge in [-0.2, -0.15) is 0 Å². The highest BCUT2D eigenvalue weighted by Crippen LogP contribution is 2.29. The van der Waals surface area contributed by atoms with E-state index in [9.17, 15) is 4.79 Å². The lowest BCUT2D eigenvalue weighted by Gasteiger charge is -2.18. The Kier molecular flexibility index (Phi) is 5.53. The summed E-state index contributed by atoms with van der Waals surface area (Å²) in [5.74, 6) is 0.466. The third-order valence-electron chi connectivity index (χ3n) is 4.59. The number of guanidine groups is 1. The average molecular weight is 407 g/mol. The second-order valence-corrected chi connectivity index (χ2v) is 7.75. The Hall–Kier alpha value is -3.26.